The molecule has 1 aromatic rings. The Morgan fingerprint density at radius 1 is 1.50 bits per heavy atom. The molecule has 1 aliphatic rings. The highest BCUT2D eigenvalue weighted by molar-refractivity contribution is 6.32. The lowest BCUT2D eigenvalue weighted by molar-refractivity contribution is -0.131. The van der Waals surface area contributed by atoms with Crippen molar-refractivity contribution in [2.24, 2.45) is 5.92 Å². The zero-order chi connectivity index (χ0) is 14.7. The fraction of sp³-hybridized carbons (Fsp3) is 0.333. The van der Waals surface area contributed by atoms with E-state index in [1.54, 1.807) is 18.2 Å². The Morgan fingerprint density at radius 3 is 2.80 bits per heavy atom. The number of hydrogen-bond acceptors (Lipinski definition) is 2. The van der Waals surface area contributed by atoms with Crippen LogP contribution in [0.2, 0.25) is 5.02 Å². The van der Waals surface area contributed by atoms with Gasteiger partial charge in [0.15, 0.2) is 0 Å². The number of amides is 1. The molecule has 0 saturated heterocycles. The molecule has 0 aromatic heterocycles. The van der Waals surface area contributed by atoms with Crippen LogP contribution in [0.4, 0.5) is 0 Å². The molecule has 1 saturated carbocycles. The van der Waals surface area contributed by atoms with Gasteiger partial charge in [-0.3, -0.25) is 4.79 Å². The van der Waals surface area contributed by atoms with Crippen LogP contribution in [0.1, 0.15) is 35.7 Å². The van der Waals surface area contributed by atoms with Crippen molar-refractivity contribution in [2.75, 3.05) is 0 Å². The van der Waals surface area contributed by atoms with Gasteiger partial charge in [-0.1, -0.05) is 31.0 Å². The fourth-order valence-corrected chi connectivity index (χ4v) is 2.34. The summed E-state index contributed by atoms with van der Waals surface area (Å²) in [6.45, 7) is 2.11. The summed E-state index contributed by atoms with van der Waals surface area (Å²) < 4.78 is 0. The Kier molecular flexibility index (Phi) is 4.45. The number of aliphatic carboxylic acids is 1. The van der Waals surface area contributed by atoms with Crippen molar-refractivity contribution in [2.45, 2.75) is 25.8 Å². The van der Waals surface area contributed by atoms with Gasteiger partial charge >= 0.3 is 5.97 Å². The molecule has 2 unspecified atom stereocenters. The van der Waals surface area contributed by atoms with E-state index in [1.807, 2.05) is 0 Å². The van der Waals surface area contributed by atoms with Gasteiger partial charge in [-0.25, -0.2) is 4.79 Å². The Balaban J connectivity index is 2.05. The maximum absolute atomic E-state index is 12.0. The van der Waals surface area contributed by atoms with Gasteiger partial charge in [0.05, 0.1) is 0 Å². The molecule has 5 heteroatoms. The molecule has 1 aromatic carbocycles. The highest BCUT2D eigenvalue weighted by Crippen LogP contribution is 2.33. The van der Waals surface area contributed by atoms with Crippen molar-refractivity contribution in [3.63, 3.8) is 0 Å². The minimum absolute atomic E-state index is 0.137. The largest absolute Gasteiger partial charge is 0.478 e. The van der Waals surface area contributed by atoms with Gasteiger partial charge in [0.25, 0.3) is 5.91 Å². The van der Waals surface area contributed by atoms with Crippen LogP contribution in [0.15, 0.2) is 24.3 Å². The number of carbonyl (C=O) groups excluding carboxylic acids is 1. The van der Waals surface area contributed by atoms with Crippen LogP contribution in [-0.2, 0) is 4.79 Å². The van der Waals surface area contributed by atoms with Crippen LogP contribution < -0.4 is 5.32 Å². The molecular formula is C15H16ClNO3. The van der Waals surface area contributed by atoms with Crippen molar-refractivity contribution >= 4 is 29.6 Å². The van der Waals surface area contributed by atoms with Gasteiger partial charge in [0.2, 0.25) is 0 Å². The third-order valence-corrected chi connectivity index (χ3v) is 3.76. The summed E-state index contributed by atoms with van der Waals surface area (Å²) in [5, 5.41) is 11.9. The van der Waals surface area contributed by atoms with E-state index in [9.17, 15) is 9.59 Å². The van der Waals surface area contributed by atoms with Crippen LogP contribution in [0.3, 0.4) is 0 Å². The van der Waals surface area contributed by atoms with Crippen molar-refractivity contribution in [1.82, 2.24) is 5.32 Å². The lowest BCUT2D eigenvalue weighted by atomic mass is 10.1. The maximum Gasteiger partial charge on any atom is 0.328 e. The molecule has 2 N–H and O–H groups in total. The number of carbonyl (C=O) groups is 2. The van der Waals surface area contributed by atoms with Gasteiger partial charge in [0, 0.05) is 22.7 Å². The Labute approximate surface area is 122 Å². The van der Waals surface area contributed by atoms with Crippen molar-refractivity contribution in [3.05, 3.63) is 40.4 Å². The first-order valence-electron chi connectivity index (χ1n) is 6.52. The second-order valence-corrected chi connectivity index (χ2v) is 5.30. The monoisotopic (exact) mass is 293 g/mol. The number of benzene rings is 1. The minimum atomic E-state index is -1.04. The molecule has 1 amide bonds. The predicted molar refractivity (Wildman–Crippen MR) is 77.8 cm³/mol. The highest BCUT2D eigenvalue weighted by Gasteiger charge is 2.36. The smallest absolute Gasteiger partial charge is 0.328 e. The van der Waals surface area contributed by atoms with E-state index in [2.05, 4.69) is 12.2 Å². The molecular weight excluding hydrogens is 278 g/mol. The van der Waals surface area contributed by atoms with E-state index < -0.39 is 5.97 Å². The second-order valence-electron chi connectivity index (χ2n) is 4.89. The average molecular weight is 294 g/mol. The highest BCUT2D eigenvalue weighted by atomic mass is 35.5. The van der Waals surface area contributed by atoms with Gasteiger partial charge in [-0.15, -0.1) is 0 Å². The van der Waals surface area contributed by atoms with Gasteiger partial charge in [0.1, 0.15) is 0 Å². The van der Waals surface area contributed by atoms with Gasteiger partial charge < -0.3 is 10.4 Å². The number of hydrogen-bond donors (Lipinski definition) is 2. The summed E-state index contributed by atoms with van der Waals surface area (Å²) in [6.07, 6.45) is 4.53. The molecule has 0 aliphatic heterocycles. The SMILES string of the molecule is CCC1CC1NC(=O)c1ccc(/C=C/C(=O)O)c(Cl)c1. The molecule has 0 heterocycles. The number of rotatable bonds is 5. The van der Waals surface area contributed by atoms with E-state index in [0.717, 1.165) is 18.9 Å². The molecule has 106 valence electrons. The maximum atomic E-state index is 12.0. The van der Waals surface area contributed by atoms with Crippen LogP contribution in [0.25, 0.3) is 6.08 Å². The predicted octanol–water partition coefficient (Wildman–Crippen LogP) is 2.97. The number of nitrogens with one attached hydrogen (secondary N) is 1. The van der Waals surface area contributed by atoms with Crippen molar-refractivity contribution in [3.8, 4) is 0 Å². The number of carboxylic acids is 1. The van der Waals surface area contributed by atoms with E-state index >= 15 is 0 Å². The lowest BCUT2D eigenvalue weighted by Gasteiger charge is -2.06. The molecule has 20 heavy (non-hydrogen) atoms. The lowest BCUT2D eigenvalue weighted by Crippen LogP contribution is -2.26. The summed E-state index contributed by atoms with van der Waals surface area (Å²) in [5.74, 6) is -0.587. The first-order valence-corrected chi connectivity index (χ1v) is 6.90. The average Bonchev–Trinajstić information content (AvgIpc) is 3.15. The Bertz CT molecular complexity index is 568. The minimum Gasteiger partial charge on any atom is -0.478 e. The summed E-state index contributed by atoms with van der Waals surface area (Å²) in [6, 6.07) is 5.12. The Morgan fingerprint density at radius 2 is 2.25 bits per heavy atom. The van der Waals surface area contributed by atoms with Crippen LogP contribution in [-0.4, -0.2) is 23.0 Å². The quantitative estimate of drug-likeness (QED) is 0.820. The van der Waals surface area contributed by atoms with Crippen LogP contribution >= 0.6 is 11.6 Å². The van der Waals surface area contributed by atoms with E-state index in [1.165, 1.54) is 6.08 Å². The van der Waals surface area contributed by atoms with Crippen LogP contribution in [0.5, 0.6) is 0 Å². The van der Waals surface area contributed by atoms with Gasteiger partial charge in [-0.2, -0.15) is 0 Å². The van der Waals surface area contributed by atoms with Crippen molar-refractivity contribution in [1.29, 1.82) is 0 Å². The summed E-state index contributed by atoms with van der Waals surface area (Å²) in [5.41, 5.74) is 1.06. The van der Waals surface area contributed by atoms with Crippen molar-refractivity contribution < 1.29 is 14.7 Å². The molecule has 2 atom stereocenters. The van der Waals surface area contributed by atoms with E-state index in [0.29, 0.717) is 22.1 Å². The topological polar surface area (TPSA) is 66.4 Å². The second kappa shape index (κ2) is 6.09. The zero-order valence-corrected chi connectivity index (χ0v) is 11.9. The first kappa shape index (κ1) is 14.6. The standard InChI is InChI=1S/C15H16ClNO3/c1-2-9-8-13(9)17-15(20)11-4-3-10(12(16)7-11)5-6-14(18)19/h3-7,9,13H,2,8H2,1H3,(H,17,20)(H,18,19)/b6-5+. The van der Waals surface area contributed by atoms with E-state index in [-0.39, 0.29) is 11.9 Å². The summed E-state index contributed by atoms with van der Waals surface area (Å²) in [7, 11) is 0. The fourth-order valence-electron chi connectivity index (χ4n) is 2.09. The molecule has 4 nitrogen and oxygen atoms in total. The number of halogens is 1. The molecule has 0 radical (unpaired) electrons. The Hall–Kier alpha value is -1.81. The zero-order valence-electron chi connectivity index (χ0n) is 11.1. The molecule has 1 aliphatic carbocycles. The van der Waals surface area contributed by atoms with Crippen LogP contribution in [0, 0.1) is 5.92 Å². The summed E-state index contributed by atoms with van der Waals surface area (Å²) >= 11 is 6.04. The molecule has 0 bridgehead atoms. The normalized spacial score (nSPS) is 20.9. The number of carboxylic acid groups (broad SMARTS) is 1. The molecule has 0 spiro atoms. The molecule has 1 fully saturated rings. The summed E-state index contributed by atoms with van der Waals surface area (Å²) in [4.78, 5) is 22.5. The third kappa shape index (κ3) is 3.61. The third-order valence-electron chi connectivity index (χ3n) is 3.43. The first-order chi connectivity index (χ1) is 9.51. The van der Waals surface area contributed by atoms with Gasteiger partial charge in [-0.05, 0) is 36.1 Å². The molecule has 2 rings (SSSR count). The van der Waals surface area contributed by atoms with E-state index in [4.69, 9.17) is 16.7 Å².